The first-order valence-corrected chi connectivity index (χ1v) is 7.86. The van der Waals surface area contributed by atoms with Crippen molar-refractivity contribution in [1.82, 2.24) is 5.32 Å². The largest absolute Gasteiger partial charge is 0.492 e. The predicted molar refractivity (Wildman–Crippen MR) is 90.5 cm³/mol. The molecule has 6 heteroatoms. The second kappa shape index (κ2) is 7.47. The summed E-state index contributed by atoms with van der Waals surface area (Å²) in [5.74, 6) is 0.582. The number of halogens is 2. The second-order valence-corrected chi connectivity index (χ2v) is 6.07. The molecule has 0 bridgehead atoms. The number of nitrogens with one attached hydrogen (secondary N) is 1. The van der Waals surface area contributed by atoms with Crippen LogP contribution in [-0.4, -0.2) is 19.1 Å². The maximum atomic E-state index is 12.0. The molecule has 0 aliphatic heterocycles. The molecular formula is C15H14Br2N2O2. The van der Waals surface area contributed by atoms with Gasteiger partial charge in [-0.05, 0) is 58.4 Å². The fraction of sp³-hybridized carbons (Fsp3) is 0.133. The smallest absolute Gasteiger partial charge is 0.252 e. The molecule has 0 radical (unpaired) electrons. The van der Waals surface area contributed by atoms with E-state index in [0.717, 1.165) is 14.7 Å². The number of nitrogens with two attached hydrogens (primary N) is 1. The van der Waals surface area contributed by atoms with Crippen molar-refractivity contribution in [1.29, 1.82) is 0 Å². The van der Waals surface area contributed by atoms with Gasteiger partial charge in [0.1, 0.15) is 12.4 Å². The molecule has 0 unspecified atom stereocenters. The Bertz CT molecular complexity index is 630. The average molecular weight is 414 g/mol. The molecule has 3 N–H and O–H groups in total. The van der Waals surface area contributed by atoms with Gasteiger partial charge in [0.25, 0.3) is 5.91 Å². The molecule has 2 aromatic carbocycles. The normalized spacial score (nSPS) is 10.2. The van der Waals surface area contributed by atoms with Crippen LogP contribution in [0.5, 0.6) is 5.75 Å². The number of hydrogen-bond acceptors (Lipinski definition) is 3. The number of hydrogen-bond donors (Lipinski definition) is 2. The number of amides is 1. The molecule has 110 valence electrons. The van der Waals surface area contributed by atoms with Gasteiger partial charge in [0.05, 0.1) is 12.1 Å². The number of anilines is 1. The lowest BCUT2D eigenvalue weighted by Crippen LogP contribution is -2.28. The van der Waals surface area contributed by atoms with Crippen molar-refractivity contribution in [2.75, 3.05) is 18.9 Å². The Morgan fingerprint density at radius 2 is 1.86 bits per heavy atom. The Labute approximate surface area is 139 Å². The third-order valence-corrected chi connectivity index (χ3v) is 3.86. The number of rotatable bonds is 5. The summed E-state index contributed by atoms with van der Waals surface area (Å²) >= 11 is 6.72. The molecule has 0 saturated heterocycles. The maximum absolute atomic E-state index is 12.0. The third-order valence-electron chi connectivity index (χ3n) is 2.71. The van der Waals surface area contributed by atoms with Crippen molar-refractivity contribution in [3.8, 4) is 5.75 Å². The number of carbonyl (C=O) groups is 1. The van der Waals surface area contributed by atoms with E-state index in [2.05, 4.69) is 37.2 Å². The standard InChI is InChI=1S/C15H14Br2N2O2/c16-10-1-6-13(14(17)9-10)15(20)19-7-8-21-12-4-2-11(18)3-5-12/h1-6,9H,7-8,18H2,(H,19,20). The van der Waals surface area contributed by atoms with E-state index < -0.39 is 0 Å². The highest BCUT2D eigenvalue weighted by Gasteiger charge is 2.09. The zero-order valence-corrected chi connectivity index (χ0v) is 14.3. The molecule has 1 amide bonds. The van der Waals surface area contributed by atoms with Crippen molar-refractivity contribution in [2.45, 2.75) is 0 Å². The van der Waals surface area contributed by atoms with Crippen molar-refractivity contribution < 1.29 is 9.53 Å². The number of ether oxygens (including phenoxy) is 1. The molecule has 0 aliphatic carbocycles. The summed E-state index contributed by atoms with van der Waals surface area (Å²) in [4.78, 5) is 12.0. The van der Waals surface area contributed by atoms with Gasteiger partial charge in [-0.1, -0.05) is 15.9 Å². The molecule has 0 atom stereocenters. The summed E-state index contributed by atoms with van der Waals surface area (Å²) < 4.78 is 7.17. The minimum atomic E-state index is -0.143. The average Bonchev–Trinajstić information content (AvgIpc) is 2.45. The van der Waals surface area contributed by atoms with Crippen LogP contribution in [-0.2, 0) is 0 Å². The summed E-state index contributed by atoms with van der Waals surface area (Å²) in [5.41, 5.74) is 6.87. The summed E-state index contributed by atoms with van der Waals surface area (Å²) in [6.45, 7) is 0.815. The zero-order valence-electron chi connectivity index (χ0n) is 11.1. The summed E-state index contributed by atoms with van der Waals surface area (Å²) in [6, 6.07) is 12.5. The molecule has 0 spiro atoms. The van der Waals surface area contributed by atoms with Crippen LogP contribution in [0.4, 0.5) is 5.69 Å². The minimum Gasteiger partial charge on any atom is -0.492 e. The van der Waals surface area contributed by atoms with Gasteiger partial charge in [-0.2, -0.15) is 0 Å². The fourth-order valence-corrected chi connectivity index (χ4v) is 2.89. The molecular weight excluding hydrogens is 400 g/mol. The summed E-state index contributed by atoms with van der Waals surface area (Å²) in [5, 5.41) is 2.81. The van der Waals surface area contributed by atoms with Gasteiger partial charge in [0.15, 0.2) is 0 Å². The van der Waals surface area contributed by atoms with Crippen molar-refractivity contribution >= 4 is 43.5 Å². The van der Waals surface area contributed by atoms with Crippen LogP contribution in [0, 0.1) is 0 Å². The van der Waals surface area contributed by atoms with E-state index in [0.29, 0.717) is 24.4 Å². The van der Waals surface area contributed by atoms with Gasteiger partial charge in [-0.25, -0.2) is 0 Å². The molecule has 0 aliphatic rings. The van der Waals surface area contributed by atoms with Crippen LogP contribution < -0.4 is 15.8 Å². The Hall–Kier alpha value is -1.53. The molecule has 2 rings (SSSR count). The van der Waals surface area contributed by atoms with Gasteiger partial charge in [-0.3, -0.25) is 4.79 Å². The first-order valence-electron chi connectivity index (χ1n) is 6.28. The first-order chi connectivity index (χ1) is 10.1. The highest BCUT2D eigenvalue weighted by atomic mass is 79.9. The number of benzene rings is 2. The first kappa shape index (κ1) is 15.9. The van der Waals surface area contributed by atoms with E-state index in [1.165, 1.54) is 0 Å². The highest BCUT2D eigenvalue weighted by molar-refractivity contribution is 9.11. The lowest BCUT2D eigenvalue weighted by molar-refractivity contribution is 0.0946. The van der Waals surface area contributed by atoms with Crippen LogP contribution in [0.3, 0.4) is 0 Å². The summed E-state index contributed by atoms with van der Waals surface area (Å²) in [7, 11) is 0. The van der Waals surface area contributed by atoms with E-state index in [-0.39, 0.29) is 5.91 Å². The molecule has 21 heavy (non-hydrogen) atoms. The minimum absolute atomic E-state index is 0.143. The van der Waals surface area contributed by atoms with Gasteiger partial charge >= 0.3 is 0 Å². The summed E-state index contributed by atoms with van der Waals surface area (Å²) in [6.07, 6.45) is 0. The Morgan fingerprint density at radius 1 is 1.14 bits per heavy atom. The van der Waals surface area contributed by atoms with E-state index in [1.807, 2.05) is 12.1 Å². The maximum Gasteiger partial charge on any atom is 0.252 e. The number of nitrogen functional groups attached to an aromatic ring is 1. The topological polar surface area (TPSA) is 64.3 Å². The lowest BCUT2D eigenvalue weighted by Gasteiger charge is -2.09. The Kier molecular flexibility index (Phi) is 5.64. The fourth-order valence-electron chi connectivity index (χ4n) is 1.67. The lowest BCUT2D eigenvalue weighted by atomic mass is 10.2. The molecule has 0 saturated carbocycles. The van der Waals surface area contributed by atoms with Crippen molar-refractivity contribution in [2.24, 2.45) is 0 Å². The van der Waals surface area contributed by atoms with Crippen molar-refractivity contribution in [3.63, 3.8) is 0 Å². The third kappa shape index (κ3) is 4.75. The Morgan fingerprint density at radius 3 is 2.52 bits per heavy atom. The Balaban J connectivity index is 1.80. The van der Waals surface area contributed by atoms with Gasteiger partial charge in [0, 0.05) is 14.6 Å². The van der Waals surface area contributed by atoms with Crippen LogP contribution in [0.2, 0.25) is 0 Å². The molecule has 2 aromatic rings. The van der Waals surface area contributed by atoms with E-state index in [9.17, 15) is 4.79 Å². The second-order valence-electron chi connectivity index (χ2n) is 4.30. The van der Waals surface area contributed by atoms with Crippen LogP contribution >= 0.6 is 31.9 Å². The number of carbonyl (C=O) groups excluding carboxylic acids is 1. The van der Waals surface area contributed by atoms with E-state index in [1.54, 1.807) is 30.3 Å². The van der Waals surface area contributed by atoms with Gasteiger partial charge in [0.2, 0.25) is 0 Å². The van der Waals surface area contributed by atoms with E-state index in [4.69, 9.17) is 10.5 Å². The molecule has 0 aromatic heterocycles. The van der Waals surface area contributed by atoms with Gasteiger partial charge in [-0.15, -0.1) is 0 Å². The predicted octanol–water partition coefficient (Wildman–Crippen LogP) is 3.60. The van der Waals surface area contributed by atoms with Crippen molar-refractivity contribution in [3.05, 3.63) is 57.0 Å². The molecule has 0 heterocycles. The van der Waals surface area contributed by atoms with E-state index >= 15 is 0 Å². The van der Waals surface area contributed by atoms with Gasteiger partial charge < -0.3 is 15.8 Å². The van der Waals surface area contributed by atoms with Crippen LogP contribution in [0.1, 0.15) is 10.4 Å². The monoisotopic (exact) mass is 412 g/mol. The SMILES string of the molecule is Nc1ccc(OCCNC(=O)c2ccc(Br)cc2Br)cc1. The molecule has 4 nitrogen and oxygen atoms in total. The molecule has 0 fully saturated rings. The van der Waals surface area contributed by atoms with Crippen LogP contribution in [0.15, 0.2) is 51.4 Å². The van der Waals surface area contributed by atoms with Crippen LogP contribution in [0.25, 0.3) is 0 Å². The zero-order chi connectivity index (χ0) is 15.2. The highest BCUT2D eigenvalue weighted by Crippen LogP contribution is 2.21. The quantitative estimate of drug-likeness (QED) is 0.581.